The Morgan fingerprint density at radius 3 is 2.47 bits per heavy atom. The molecule has 0 saturated heterocycles. The zero-order valence-electron chi connectivity index (χ0n) is 21.4. The third-order valence-electron chi connectivity index (χ3n) is 5.76. The molecule has 0 fully saturated rings. The largest absolute Gasteiger partial charge is 0.488 e. The van der Waals surface area contributed by atoms with Crippen molar-refractivity contribution in [2.75, 3.05) is 18.0 Å². The molecule has 4 rings (SSSR count). The quantitative estimate of drug-likeness (QED) is 0.353. The number of rotatable bonds is 7. The molecule has 0 atom stereocenters. The molecule has 38 heavy (non-hydrogen) atoms. The predicted molar refractivity (Wildman–Crippen MR) is 140 cm³/mol. The maximum absolute atomic E-state index is 13.7. The molecule has 0 bridgehead atoms. The van der Waals surface area contributed by atoms with Crippen molar-refractivity contribution in [3.63, 3.8) is 0 Å². The summed E-state index contributed by atoms with van der Waals surface area (Å²) in [6.45, 7) is 5.95. The van der Waals surface area contributed by atoms with Crippen molar-refractivity contribution < 1.29 is 32.2 Å². The van der Waals surface area contributed by atoms with E-state index in [4.69, 9.17) is 9.47 Å². The van der Waals surface area contributed by atoms with Crippen LogP contribution in [0, 0.1) is 0 Å². The average molecular weight is 547 g/mol. The van der Waals surface area contributed by atoms with Crippen LogP contribution in [0.25, 0.3) is 11.1 Å². The molecule has 0 radical (unpaired) electrons. The van der Waals surface area contributed by atoms with E-state index >= 15 is 0 Å². The number of nitrogens with zero attached hydrogens (tertiary/aromatic N) is 1. The number of amides is 2. The number of benzene rings is 2. The summed E-state index contributed by atoms with van der Waals surface area (Å²) in [5, 5.41) is 2.59. The molecule has 3 aromatic rings. The lowest BCUT2D eigenvalue weighted by atomic mass is 10.1. The molecule has 10 heteroatoms. The van der Waals surface area contributed by atoms with Crippen LogP contribution in [0.3, 0.4) is 0 Å². The number of anilines is 1. The lowest BCUT2D eigenvalue weighted by Gasteiger charge is -2.20. The van der Waals surface area contributed by atoms with Gasteiger partial charge in [-0.15, -0.1) is 11.3 Å². The van der Waals surface area contributed by atoms with E-state index in [-0.39, 0.29) is 31.0 Å². The summed E-state index contributed by atoms with van der Waals surface area (Å²) in [6, 6.07) is 15.3. The van der Waals surface area contributed by atoms with Gasteiger partial charge in [0.2, 0.25) is 5.91 Å². The molecule has 2 heterocycles. The van der Waals surface area contributed by atoms with E-state index in [2.05, 4.69) is 5.32 Å². The number of hydrogen-bond acceptors (Lipinski definition) is 5. The second-order valence-electron chi connectivity index (χ2n) is 9.87. The van der Waals surface area contributed by atoms with E-state index in [1.54, 1.807) is 68.1 Å². The maximum atomic E-state index is 13.7. The van der Waals surface area contributed by atoms with E-state index in [9.17, 15) is 22.8 Å². The van der Waals surface area contributed by atoms with E-state index in [1.165, 1.54) is 6.07 Å². The zero-order chi connectivity index (χ0) is 27.5. The van der Waals surface area contributed by atoms with Crippen molar-refractivity contribution in [3.8, 4) is 16.9 Å². The summed E-state index contributed by atoms with van der Waals surface area (Å²) < 4.78 is 52.0. The van der Waals surface area contributed by atoms with Crippen molar-refractivity contribution >= 4 is 29.0 Å². The molecule has 1 aliphatic heterocycles. The highest BCUT2D eigenvalue weighted by atomic mass is 32.1. The topological polar surface area (TPSA) is 67.9 Å². The second kappa shape index (κ2) is 11.1. The number of carbonyl (C=O) groups excluding carboxylic acids is 2. The summed E-state index contributed by atoms with van der Waals surface area (Å²) >= 11 is 0.681. The predicted octanol–water partition coefficient (Wildman–Crippen LogP) is 6.82. The number of carbonyl (C=O) groups is 2. The molecule has 2 aromatic carbocycles. The van der Waals surface area contributed by atoms with Gasteiger partial charge in [-0.05, 0) is 62.6 Å². The van der Waals surface area contributed by atoms with Gasteiger partial charge in [0.1, 0.15) is 22.8 Å². The normalized spacial score (nSPS) is 13.3. The molecule has 1 N–H and O–H groups in total. The van der Waals surface area contributed by atoms with Crippen LogP contribution in [0.1, 0.15) is 42.5 Å². The van der Waals surface area contributed by atoms with E-state index in [0.29, 0.717) is 40.5 Å². The van der Waals surface area contributed by atoms with Crippen LogP contribution in [0.15, 0.2) is 54.6 Å². The summed E-state index contributed by atoms with van der Waals surface area (Å²) in [7, 11) is 0. The molecule has 2 amide bonds. The van der Waals surface area contributed by atoms with Gasteiger partial charge in [0.15, 0.2) is 0 Å². The van der Waals surface area contributed by atoms with Crippen LogP contribution >= 0.6 is 11.3 Å². The Labute approximate surface area is 223 Å². The standard InChI is InChI=1S/C28H29F3N2O4S/c1-27(2,3)37-26(35)32-13-11-24(34)33-14-12-19-15-20(9-10-23(19)33)36-17-21-16-22(18-7-5-4-6-8-18)25(38-21)28(29,30)31/h4-10,15-16H,11-14,17H2,1-3H3,(H,32,35). The van der Waals surface area contributed by atoms with Gasteiger partial charge in [0.05, 0.1) is 0 Å². The number of nitrogens with one attached hydrogen (secondary N) is 1. The van der Waals surface area contributed by atoms with Crippen LogP contribution in [0.5, 0.6) is 5.75 Å². The number of halogens is 3. The monoisotopic (exact) mass is 546 g/mol. The fourth-order valence-corrected chi connectivity index (χ4v) is 5.12. The minimum atomic E-state index is -4.46. The van der Waals surface area contributed by atoms with Gasteiger partial charge in [-0.25, -0.2) is 4.79 Å². The maximum Gasteiger partial charge on any atom is 0.426 e. The van der Waals surface area contributed by atoms with Crippen LogP contribution < -0.4 is 15.0 Å². The van der Waals surface area contributed by atoms with Gasteiger partial charge >= 0.3 is 12.3 Å². The second-order valence-corrected chi connectivity index (χ2v) is 11.0. The Kier molecular flexibility index (Phi) is 8.01. The lowest BCUT2D eigenvalue weighted by molar-refractivity contribution is -0.133. The lowest BCUT2D eigenvalue weighted by Crippen LogP contribution is -2.36. The fourth-order valence-electron chi connectivity index (χ4n) is 4.16. The number of thiophene rings is 1. The smallest absolute Gasteiger partial charge is 0.426 e. The minimum Gasteiger partial charge on any atom is -0.488 e. The third kappa shape index (κ3) is 6.86. The van der Waals surface area contributed by atoms with Crippen molar-refractivity contribution in [3.05, 3.63) is 69.9 Å². The van der Waals surface area contributed by atoms with Crippen LogP contribution in [0.2, 0.25) is 0 Å². The Hall–Kier alpha value is -3.53. The average Bonchev–Trinajstić information content (AvgIpc) is 3.46. The molecule has 0 spiro atoms. The van der Waals surface area contributed by atoms with Crippen LogP contribution in [0.4, 0.5) is 23.7 Å². The number of alkyl halides is 3. The molecule has 6 nitrogen and oxygen atoms in total. The number of alkyl carbamates (subject to hydrolysis) is 1. The van der Waals surface area contributed by atoms with Gasteiger partial charge in [0.25, 0.3) is 0 Å². The summed E-state index contributed by atoms with van der Waals surface area (Å²) in [6.07, 6.45) is -4.27. The Morgan fingerprint density at radius 2 is 1.79 bits per heavy atom. The van der Waals surface area contributed by atoms with E-state index in [0.717, 1.165) is 11.3 Å². The molecule has 1 aliphatic rings. The van der Waals surface area contributed by atoms with Gasteiger partial charge in [-0.3, -0.25) is 4.79 Å². The van der Waals surface area contributed by atoms with Gasteiger partial charge in [-0.2, -0.15) is 13.2 Å². The number of ether oxygens (including phenoxy) is 2. The van der Waals surface area contributed by atoms with Gasteiger partial charge in [0, 0.05) is 35.6 Å². The first-order chi connectivity index (χ1) is 17.9. The first kappa shape index (κ1) is 27.5. The van der Waals surface area contributed by atoms with Crippen LogP contribution in [-0.4, -0.2) is 30.7 Å². The van der Waals surface area contributed by atoms with Gasteiger partial charge in [-0.1, -0.05) is 30.3 Å². The highest BCUT2D eigenvalue weighted by molar-refractivity contribution is 7.12. The third-order valence-corrected chi connectivity index (χ3v) is 6.91. The molecule has 1 aromatic heterocycles. The highest BCUT2D eigenvalue weighted by Crippen LogP contribution is 2.43. The highest BCUT2D eigenvalue weighted by Gasteiger charge is 2.36. The van der Waals surface area contributed by atoms with E-state index in [1.807, 2.05) is 6.07 Å². The summed E-state index contributed by atoms with van der Waals surface area (Å²) in [4.78, 5) is 26.0. The Balaban J connectivity index is 1.37. The van der Waals surface area contributed by atoms with Crippen molar-refractivity contribution in [2.24, 2.45) is 0 Å². The molecule has 0 aliphatic carbocycles. The molecule has 202 valence electrons. The fraction of sp³-hybridized carbons (Fsp3) is 0.357. The summed E-state index contributed by atoms with van der Waals surface area (Å²) in [5.74, 6) is 0.396. The first-order valence-corrected chi connectivity index (χ1v) is 13.0. The van der Waals surface area contributed by atoms with E-state index < -0.39 is 22.7 Å². The van der Waals surface area contributed by atoms with Crippen molar-refractivity contribution in [1.82, 2.24) is 5.32 Å². The van der Waals surface area contributed by atoms with Gasteiger partial charge < -0.3 is 19.7 Å². The molecule has 0 unspecified atom stereocenters. The first-order valence-electron chi connectivity index (χ1n) is 12.2. The number of fused-ring (bicyclic) bond motifs is 1. The molecule has 0 saturated carbocycles. The number of hydrogen-bond donors (Lipinski definition) is 1. The van der Waals surface area contributed by atoms with Crippen molar-refractivity contribution in [2.45, 2.75) is 52.0 Å². The Bertz CT molecular complexity index is 1300. The summed E-state index contributed by atoms with van der Waals surface area (Å²) in [5.41, 5.74) is 1.72. The zero-order valence-corrected chi connectivity index (χ0v) is 22.2. The van der Waals surface area contributed by atoms with Crippen LogP contribution in [-0.2, 0) is 28.7 Å². The molecular weight excluding hydrogens is 517 g/mol. The molecular formula is C28H29F3N2O4S. The van der Waals surface area contributed by atoms with Crippen molar-refractivity contribution in [1.29, 1.82) is 0 Å². The SMILES string of the molecule is CC(C)(C)OC(=O)NCCC(=O)N1CCc2cc(OCc3cc(-c4ccccc4)c(C(F)(F)F)s3)ccc21. The minimum absolute atomic E-state index is 0.00164. The Morgan fingerprint density at radius 1 is 1.05 bits per heavy atom.